The fourth-order valence-electron chi connectivity index (χ4n) is 7.41. The molecule has 0 N–H and O–H groups in total. The summed E-state index contributed by atoms with van der Waals surface area (Å²) in [7, 11) is 11.7. The summed E-state index contributed by atoms with van der Waals surface area (Å²) in [4.78, 5) is 14.1. The quantitative estimate of drug-likeness (QED) is 0.110. The van der Waals surface area contributed by atoms with Gasteiger partial charge >= 0.3 is 0 Å². The number of ketones is 1. The van der Waals surface area contributed by atoms with Crippen molar-refractivity contribution >= 4 is 19.0 Å². The van der Waals surface area contributed by atoms with Gasteiger partial charge in [0.1, 0.15) is 51.8 Å². The van der Waals surface area contributed by atoms with E-state index in [2.05, 4.69) is 24.3 Å². The molecule has 9 nitrogen and oxygen atoms in total. The predicted octanol–water partition coefficient (Wildman–Crippen LogP) is 9.04. The zero-order valence-electron chi connectivity index (χ0n) is 31.4. The van der Waals surface area contributed by atoms with Gasteiger partial charge in [-0.05, 0) is 28.6 Å². The van der Waals surface area contributed by atoms with Gasteiger partial charge in [-0.2, -0.15) is 0 Å². The van der Waals surface area contributed by atoms with Crippen LogP contribution < -0.4 is 43.2 Å². The molecule has 1 saturated heterocycles. The summed E-state index contributed by atoms with van der Waals surface area (Å²) in [6.07, 6.45) is 0.637. The lowest BCUT2D eigenvalue weighted by molar-refractivity contribution is -0.119. The minimum absolute atomic E-state index is 0.161. The zero-order valence-corrected chi connectivity index (χ0v) is 32.2. The third-order valence-corrected chi connectivity index (χ3v) is 13.0. The van der Waals surface area contributed by atoms with Gasteiger partial charge in [-0.1, -0.05) is 62.5 Å². The lowest BCUT2D eigenvalue weighted by atomic mass is 9.95. The average molecular weight is 737 g/mol. The van der Waals surface area contributed by atoms with E-state index in [0.717, 1.165) is 50.2 Å². The van der Waals surface area contributed by atoms with Crippen molar-refractivity contribution in [2.45, 2.75) is 24.2 Å². The molecular formula is C43H45O9P. The van der Waals surface area contributed by atoms with E-state index >= 15 is 0 Å². The molecule has 5 aromatic rings. The van der Waals surface area contributed by atoms with Crippen molar-refractivity contribution in [1.29, 1.82) is 0 Å². The molecular weight excluding hydrogens is 691 g/mol. The van der Waals surface area contributed by atoms with Crippen molar-refractivity contribution in [1.82, 2.24) is 0 Å². The Morgan fingerprint density at radius 2 is 0.811 bits per heavy atom. The Hall–Kier alpha value is -5.40. The molecule has 2 atom stereocenters. The van der Waals surface area contributed by atoms with E-state index in [9.17, 15) is 4.79 Å². The first-order valence-corrected chi connectivity index (χ1v) is 18.6. The fraction of sp³-hybridized carbons (Fsp3) is 0.279. The molecule has 2 unspecified atom stereocenters. The summed E-state index contributed by atoms with van der Waals surface area (Å²) in [6, 6.07) is 29.6. The maximum absolute atomic E-state index is 14.1. The van der Waals surface area contributed by atoms with Crippen LogP contribution in [0.3, 0.4) is 0 Å². The third kappa shape index (κ3) is 7.06. The molecule has 6 rings (SSSR count). The molecule has 276 valence electrons. The van der Waals surface area contributed by atoms with Crippen molar-refractivity contribution in [3.05, 3.63) is 102 Å². The minimum atomic E-state index is -1.36. The van der Waals surface area contributed by atoms with Crippen LogP contribution in [-0.4, -0.2) is 62.7 Å². The summed E-state index contributed by atoms with van der Waals surface area (Å²) in [6.45, 7) is 0. The van der Waals surface area contributed by atoms with Crippen LogP contribution in [0.4, 0.5) is 0 Å². The van der Waals surface area contributed by atoms with Gasteiger partial charge in [0.05, 0.1) is 68.0 Å². The molecule has 0 radical (unpaired) electrons. The van der Waals surface area contributed by atoms with E-state index in [1.54, 1.807) is 56.9 Å². The fourth-order valence-corrected chi connectivity index (χ4v) is 11.2. The molecule has 5 aromatic carbocycles. The number of carbonyl (C=O) groups is 1. The SMILES string of the molecule is COc1cc(OC)c(-c2cccc(-c3c(OC)cc(OC)cc3OC)c2P2C(c3ccccc3OC)CC(=O)CC2c2ccccc2OC)c(OC)c1. The van der Waals surface area contributed by atoms with Crippen molar-refractivity contribution < 1.29 is 42.7 Å². The number of rotatable bonds is 13. The van der Waals surface area contributed by atoms with Crippen LogP contribution in [0.5, 0.6) is 46.0 Å². The first kappa shape index (κ1) is 37.4. The maximum Gasteiger partial charge on any atom is 0.134 e. The largest absolute Gasteiger partial charge is 0.496 e. The highest BCUT2D eigenvalue weighted by Gasteiger charge is 2.44. The van der Waals surface area contributed by atoms with E-state index in [4.69, 9.17) is 37.9 Å². The van der Waals surface area contributed by atoms with Gasteiger partial charge in [0.2, 0.25) is 0 Å². The third-order valence-electron chi connectivity index (χ3n) is 9.77. The van der Waals surface area contributed by atoms with Gasteiger partial charge in [-0.25, -0.2) is 0 Å². The topological polar surface area (TPSA) is 90.9 Å². The number of para-hydroxylation sites is 2. The van der Waals surface area contributed by atoms with Gasteiger partial charge in [-0.3, -0.25) is 4.79 Å². The minimum Gasteiger partial charge on any atom is -0.496 e. The highest BCUT2D eigenvalue weighted by molar-refractivity contribution is 7.67. The molecule has 0 bridgehead atoms. The molecule has 1 fully saturated rings. The lowest BCUT2D eigenvalue weighted by Crippen LogP contribution is -2.26. The standard InChI is InChI=1S/C43H45O9P/c1-45-27-22-35(49-5)41(36(23-27)50-6)31-16-13-17-32(42-37(51-7)24-28(46-2)25-38(42)52-8)43(31)53-39(29-14-9-11-18-33(29)47-3)20-26(44)21-40(53)30-15-10-12-19-34(30)48-4/h9-19,22-25,39-40H,20-21H2,1-8H3. The molecule has 1 heterocycles. The first-order valence-electron chi connectivity index (χ1n) is 17.2. The van der Waals surface area contributed by atoms with Crippen molar-refractivity contribution in [3.63, 3.8) is 0 Å². The molecule has 53 heavy (non-hydrogen) atoms. The molecule has 0 spiro atoms. The Kier molecular flexibility index (Phi) is 11.6. The highest BCUT2D eigenvalue weighted by Crippen LogP contribution is 2.70. The second-order valence-corrected chi connectivity index (χ2v) is 14.9. The van der Waals surface area contributed by atoms with E-state index in [1.807, 2.05) is 66.7 Å². The van der Waals surface area contributed by atoms with Crippen LogP contribution in [0.1, 0.15) is 35.3 Å². The molecule has 1 aliphatic heterocycles. The van der Waals surface area contributed by atoms with Gasteiger partial charge in [0.15, 0.2) is 0 Å². The van der Waals surface area contributed by atoms with Crippen molar-refractivity contribution in [3.8, 4) is 68.2 Å². The van der Waals surface area contributed by atoms with Gasteiger partial charge in [0, 0.05) is 59.6 Å². The Labute approximate surface area is 312 Å². The van der Waals surface area contributed by atoms with Crippen LogP contribution in [0.25, 0.3) is 22.3 Å². The summed E-state index contributed by atoms with van der Waals surface area (Å²) >= 11 is 0. The number of ether oxygens (including phenoxy) is 8. The number of benzene rings is 5. The van der Waals surface area contributed by atoms with Gasteiger partial charge in [-0.15, -0.1) is 0 Å². The highest BCUT2D eigenvalue weighted by atomic mass is 31.1. The predicted molar refractivity (Wildman–Crippen MR) is 209 cm³/mol. The van der Waals surface area contributed by atoms with Gasteiger partial charge < -0.3 is 37.9 Å². The van der Waals surface area contributed by atoms with E-state index in [0.29, 0.717) is 47.3 Å². The zero-order chi connectivity index (χ0) is 37.6. The number of carbonyl (C=O) groups excluding carboxylic acids is 1. The Morgan fingerprint density at radius 1 is 0.453 bits per heavy atom. The molecule has 0 aromatic heterocycles. The van der Waals surface area contributed by atoms with Crippen LogP contribution in [0.15, 0.2) is 91.0 Å². The van der Waals surface area contributed by atoms with Crippen LogP contribution in [0.2, 0.25) is 0 Å². The summed E-state index contributed by atoms with van der Waals surface area (Å²) in [5.41, 5.74) is 4.63. The van der Waals surface area contributed by atoms with Crippen molar-refractivity contribution in [2.75, 3.05) is 56.9 Å². The number of hydrogen-bond acceptors (Lipinski definition) is 9. The van der Waals surface area contributed by atoms with Crippen LogP contribution in [0, 0.1) is 0 Å². The van der Waals surface area contributed by atoms with Crippen LogP contribution in [-0.2, 0) is 4.79 Å². The monoisotopic (exact) mass is 736 g/mol. The van der Waals surface area contributed by atoms with E-state index in [1.165, 1.54) is 0 Å². The van der Waals surface area contributed by atoms with E-state index in [-0.39, 0.29) is 17.1 Å². The summed E-state index contributed by atoms with van der Waals surface area (Å²) < 4.78 is 47.7. The second-order valence-electron chi connectivity index (χ2n) is 12.4. The van der Waals surface area contributed by atoms with E-state index < -0.39 is 7.92 Å². The first-order chi connectivity index (χ1) is 25.8. The number of hydrogen-bond donors (Lipinski definition) is 0. The smallest absolute Gasteiger partial charge is 0.134 e. The molecule has 0 amide bonds. The van der Waals surface area contributed by atoms with Gasteiger partial charge in [0.25, 0.3) is 0 Å². The average Bonchev–Trinajstić information content (AvgIpc) is 3.21. The maximum atomic E-state index is 14.1. The Balaban J connectivity index is 1.82. The lowest BCUT2D eigenvalue weighted by Gasteiger charge is -2.42. The number of Topliss-reactive ketones (excluding diaryl/α,β-unsaturated/α-hetero) is 1. The number of methoxy groups -OCH3 is 8. The molecule has 10 heteroatoms. The second kappa shape index (κ2) is 16.5. The van der Waals surface area contributed by atoms with Crippen molar-refractivity contribution in [2.24, 2.45) is 0 Å². The Morgan fingerprint density at radius 3 is 1.15 bits per heavy atom. The summed E-state index contributed by atoms with van der Waals surface area (Å²) in [5.74, 6) is 5.05. The molecule has 0 saturated carbocycles. The molecule has 0 aliphatic carbocycles. The Bertz CT molecular complexity index is 1900. The molecule has 1 aliphatic rings. The summed E-state index contributed by atoms with van der Waals surface area (Å²) in [5, 5.41) is 1.00. The van der Waals surface area contributed by atoms with Crippen LogP contribution >= 0.6 is 7.92 Å². The normalized spacial score (nSPS) is 16.8.